The van der Waals surface area contributed by atoms with Crippen LogP contribution in [0, 0.1) is 0 Å². The van der Waals surface area contributed by atoms with E-state index in [-0.39, 0.29) is 5.41 Å². The van der Waals surface area contributed by atoms with Crippen molar-refractivity contribution < 1.29 is 4.57 Å². The third-order valence-electron chi connectivity index (χ3n) is 7.07. The summed E-state index contributed by atoms with van der Waals surface area (Å²) in [6.07, 6.45) is 0.550. The molecule has 1 heterocycles. The van der Waals surface area contributed by atoms with Crippen molar-refractivity contribution >= 4 is 39.3 Å². The maximum atomic E-state index is 15.0. The Hall–Kier alpha value is -3.15. The van der Waals surface area contributed by atoms with E-state index in [0.717, 1.165) is 27.3 Å². The van der Waals surface area contributed by atoms with Crippen LogP contribution in [0.5, 0.6) is 0 Å². The highest BCUT2D eigenvalue weighted by Gasteiger charge is 2.40. The number of hydrogen-bond donors (Lipinski definition) is 0. The first-order valence-electron chi connectivity index (χ1n) is 11.6. The first kappa shape index (κ1) is 20.5. The van der Waals surface area contributed by atoms with Crippen molar-refractivity contribution in [2.24, 2.45) is 0 Å². The third kappa shape index (κ3) is 3.10. The predicted molar refractivity (Wildman–Crippen MR) is 143 cm³/mol. The molecule has 0 atom stereocenters. The van der Waals surface area contributed by atoms with Gasteiger partial charge in [-0.25, -0.2) is 0 Å². The standard InChI is InChI=1S/C31H27OP/c1-31(2,3)24-16-12-21(13-17-24)20-33(32)27-18-14-22-8-4-6-10-25(22)29(27)30-26-11-7-5-9-23(26)15-19-28(30)33/h4-19H,20H2,1-3H3. The Bertz CT molecular complexity index is 1500. The van der Waals surface area contributed by atoms with Crippen molar-refractivity contribution in [3.63, 3.8) is 0 Å². The van der Waals surface area contributed by atoms with Gasteiger partial charge in [-0.3, -0.25) is 0 Å². The fourth-order valence-corrected chi connectivity index (χ4v) is 8.46. The minimum absolute atomic E-state index is 0.104. The van der Waals surface area contributed by atoms with E-state index < -0.39 is 7.14 Å². The molecule has 0 spiro atoms. The van der Waals surface area contributed by atoms with Crippen molar-refractivity contribution in [1.29, 1.82) is 0 Å². The lowest BCUT2D eigenvalue weighted by molar-refractivity contribution is 0.586. The molecule has 0 bridgehead atoms. The Balaban J connectivity index is 1.61. The molecule has 0 N–H and O–H groups in total. The average molecular weight is 447 g/mol. The van der Waals surface area contributed by atoms with E-state index in [9.17, 15) is 4.57 Å². The molecule has 0 saturated heterocycles. The fourth-order valence-electron chi connectivity index (χ4n) is 5.31. The second-order valence-electron chi connectivity index (χ2n) is 10.2. The quantitative estimate of drug-likeness (QED) is 0.253. The molecule has 0 aromatic heterocycles. The van der Waals surface area contributed by atoms with Crippen molar-refractivity contribution in [3.8, 4) is 11.1 Å². The minimum Gasteiger partial charge on any atom is -0.313 e. The monoisotopic (exact) mass is 446 g/mol. The normalized spacial score (nSPS) is 14.4. The first-order chi connectivity index (χ1) is 15.9. The topological polar surface area (TPSA) is 17.1 Å². The van der Waals surface area contributed by atoms with Crippen molar-refractivity contribution in [2.45, 2.75) is 32.3 Å². The van der Waals surface area contributed by atoms with Crippen molar-refractivity contribution in [3.05, 3.63) is 108 Å². The molecule has 5 aromatic carbocycles. The van der Waals surface area contributed by atoms with Crippen LogP contribution < -0.4 is 10.6 Å². The molecule has 0 aliphatic carbocycles. The van der Waals surface area contributed by atoms with E-state index in [2.05, 4.69) is 118 Å². The van der Waals surface area contributed by atoms with Crippen molar-refractivity contribution in [1.82, 2.24) is 0 Å². The molecule has 0 radical (unpaired) electrons. The van der Waals surface area contributed by atoms with E-state index in [1.54, 1.807) is 0 Å². The SMILES string of the molecule is CC(C)(C)c1ccc(CP2(=O)c3ccc4ccccc4c3-c3c2ccc2ccccc32)cc1. The fraction of sp³-hybridized carbons (Fsp3) is 0.161. The zero-order valence-electron chi connectivity index (χ0n) is 19.3. The van der Waals surface area contributed by atoms with E-state index in [1.807, 2.05) is 0 Å². The predicted octanol–water partition coefficient (Wildman–Crippen LogP) is 7.79. The zero-order valence-corrected chi connectivity index (χ0v) is 20.2. The maximum Gasteiger partial charge on any atom is 0.148 e. The summed E-state index contributed by atoms with van der Waals surface area (Å²) in [4.78, 5) is 0. The summed E-state index contributed by atoms with van der Waals surface area (Å²) < 4.78 is 15.0. The average Bonchev–Trinajstić information content (AvgIpc) is 3.07. The zero-order chi connectivity index (χ0) is 22.8. The highest BCUT2D eigenvalue weighted by molar-refractivity contribution is 7.79. The molecule has 1 aliphatic rings. The smallest absolute Gasteiger partial charge is 0.148 e. The molecule has 5 aromatic rings. The molecule has 0 amide bonds. The van der Waals surface area contributed by atoms with Gasteiger partial charge in [-0.1, -0.05) is 106 Å². The van der Waals surface area contributed by atoms with Gasteiger partial charge in [0.2, 0.25) is 0 Å². The molecule has 0 unspecified atom stereocenters. The van der Waals surface area contributed by atoms with Gasteiger partial charge in [0.1, 0.15) is 7.14 Å². The molecule has 162 valence electrons. The third-order valence-corrected chi connectivity index (χ3v) is 10.2. The van der Waals surface area contributed by atoms with Crippen LogP contribution in [0.2, 0.25) is 0 Å². The number of hydrogen-bond acceptors (Lipinski definition) is 1. The Kier molecular flexibility index (Phi) is 4.45. The Morgan fingerprint density at radius 3 is 1.58 bits per heavy atom. The van der Waals surface area contributed by atoms with Crippen LogP contribution >= 0.6 is 7.14 Å². The number of rotatable bonds is 2. The highest BCUT2D eigenvalue weighted by atomic mass is 31.2. The van der Waals surface area contributed by atoms with Gasteiger partial charge in [-0.2, -0.15) is 0 Å². The number of fused-ring (bicyclic) bond motifs is 7. The van der Waals surface area contributed by atoms with Gasteiger partial charge in [0, 0.05) is 27.9 Å². The lowest BCUT2D eigenvalue weighted by Gasteiger charge is -2.20. The summed E-state index contributed by atoms with van der Waals surface area (Å²) >= 11 is 0. The van der Waals surface area contributed by atoms with Gasteiger partial charge >= 0.3 is 0 Å². The summed E-state index contributed by atoms with van der Waals surface area (Å²) in [7, 11) is -2.84. The van der Waals surface area contributed by atoms with Crippen molar-refractivity contribution in [2.75, 3.05) is 0 Å². The molecule has 0 saturated carbocycles. The summed E-state index contributed by atoms with van der Waals surface area (Å²) in [5.41, 5.74) is 4.86. The number of benzene rings is 5. The molecule has 33 heavy (non-hydrogen) atoms. The van der Waals surface area contributed by atoms with Gasteiger partial charge in [0.15, 0.2) is 0 Å². The molecule has 6 rings (SSSR count). The Labute approximate surface area is 195 Å². The summed E-state index contributed by atoms with van der Waals surface area (Å²) in [6.45, 7) is 6.68. The maximum absolute atomic E-state index is 15.0. The molecule has 2 heteroatoms. The van der Waals surface area contributed by atoms with Crippen LogP contribution in [0.15, 0.2) is 97.1 Å². The molecular weight excluding hydrogens is 419 g/mol. The highest BCUT2D eigenvalue weighted by Crippen LogP contribution is 2.58. The molecule has 0 fully saturated rings. The van der Waals surface area contributed by atoms with Gasteiger partial charge in [0.05, 0.1) is 0 Å². The minimum atomic E-state index is -2.84. The van der Waals surface area contributed by atoms with Gasteiger partial charge in [-0.05, 0) is 50.2 Å². The van der Waals surface area contributed by atoms with Gasteiger partial charge in [0.25, 0.3) is 0 Å². The lowest BCUT2D eigenvalue weighted by Crippen LogP contribution is -2.13. The van der Waals surface area contributed by atoms with Crippen LogP contribution in [0.25, 0.3) is 32.7 Å². The van der Waals surface area contributed by atoms with E-state index in [4.69, 9.17) is 0 Å². The van der Waals surface area contributed by atoms with E-state index in [0.29, 0.717) is 6.16 Å². The van der Waals surface area contributed by atoms with Gasteiger partial charge in [-0.15, -0.1) is 0 Å². The molecule has 1 aliphatic heterocycles. The Morgan fingerprint density at radius 2 is 1.09 bits per heavy atom. The largest absolute Gasteiger partial charge is 0.313 e. The van der Waals surface area contributed by atoms with E-state index >= 15 is 0 Å². The van der Waals surface area contributed by atoms with Crippen LogP contribution in [-0.4, -0.2) is 0 Å². The second kappa shape index (κ2) is 7.17. The van der Waals surface area contributed by atoms with Crippen LogP contribution in [0.3, 0.4) is 0 Å². The van der Waals surface area contributed by atoms with E-state index in [1.165, 1.54) is 27.1 Å². The Morgan fingerprint density at radius 1 is 0.606 bits per heavy atom. The summed E-state index contributed by atoms with van der Waals surface area (Å²) in [6, 6.07) is 34.2. The summed E-state index contributed by atoms with van der Waals surface area (Å²) in [5, 5.41) is 6.78. The lowest BCUT2D eigenvalue weighted by atomic mass is 9.87. The van der Waals surface area contributed by atoms with Crippen LogP contribution in [-0.2, 0) is 16.1 Å². The summed E-state index contributed by atoms with van der Waals surface area (Å²) in [5.74, 6) is 0. The van der Waals surface area contributed by atoms with Gasteiger partial charge < -0.3 is 4.57 Å². The first-order valence-corrected chi connectivity index (χ1v) is 13.5. The van der Waals surface area contributed by atoms with Crippen LogP contribution in [0.4, 0.5) is 0 Å². The van der Waals surface area contributed by atoms with Crippen LogP contribution in [0.1, 0.15) is 31.9 Å². The molecular formula is C31H27OP. The molecule has 1 nitrogen and oxygen atoms in total. The second-order valence-corrected chi connectivity index (χ2v) is 13.0.